The Labute approximate surface area is 218 Å². The first-order valence-corrected chi connectivity index (χ1v) is 13.3. The van der Waals surface area contributed by atoms with Gasteiger partial charge in [-0.25, -0.2) is 0 Å². The summed E-state index contributed by atoms with van der Waals surface area (Å²) in [4.78, 5) is 44.4. The zero-order chi connectivity index (χ0) is 25.8. The lowest BCUT2D eigenvalue weighted by Crippen LogP contribution is -2.42. The van der Waals surface area contributed by atoms with Crippen LogP contribution >= 0.6 is 0 Å². The highest BCUT2D eigenvalue weighted by Crippen LogP contribution is 2.75. The number of ketones is 1. The van der Waals surface area contributed by atoms with Crippen LogP contribution in [0.2, 0.25) is 0 Å². The Kier molecular flexibility index (Phi) is 5.52. The predicted molar refractivity (Wildman–Crippen MR) is 144 cm³/mol. The molecule has 0 spiro atoms. The molecule has 2 aliphatic carbocycles. The second kappa shape index (κ2) is 8.65. The number of amides is 2. The molecule has 1 heterocycles. The van der Waals surface area contributed by atoms with E-state index in [9.17, 15) is 14.4 Å². The van der Waals surface area contributed by atoms with Gasteiger partial charge in [0.05, 0.1) is 22.7 Å². The van der Waals surface area contributed by atoms with E-state index >= 15 is 0 Å². The number of nitrogens with zero attached hydrogens (tertiary/aromatic N) is 1. The quantitative estimate of drug-likeness (QED) is 0.393. The predicted octanol–water partition coefficient (Wildman–Crippen LogP) is 5.83. The number of hydrogen-bond acceptors (Lipinski definition) is 3. The first kappa shape index (κ1) is 23.6. The first-order valence-electron chi connectivity index (χ1n) is 13.3. The fourth-order valence-corrected chi connectivity index (χ4v) is 7.62. The van der Waals surface area contributed by atoms with E-state index in [-0.39, 0.29) is 17.6 Å². The number of fused-ring (bicyclic) bond motifs is 5. The molecule has 3 aliphatic rings. The molecule has 4 nitrogen and oxygen atoms in total. The van der Waals surface area contributed by atoms with Gasteiger partial charge in [0.1, 0.15) is 0 Å². The Morgan fingerprint density at radius 2 is 1.03 bits per heavy atom. The molecule has 3 aromatic rings. The van der Waals surface area contributed by atoms with Crippen molar-refractivity contribution in [3.8, 4) is 0 Å². The van der Waals surface area contributed by atoms with Crippen molar-refractivity contribution in [2.45, 2.75) is 33.1 Å². The normalized spacial score (nSPS) is 28.4. The zero-order valence-electron chi connectivity index (χ0n) is 21.3. The average Bonchev–Trinajstić information content (AvgIpc) is 3.44. The maximum absolute atomic E-state index is 14.7. The first-order chi connectivity index (χ1) is 18.0. The van der Waals surface area contributed by atoms with Gasteiger partial charge in [0.2, 0.25) is 11.8 Å². The second-order valence-electron chi connectivity index (χ2n) is 10.5. The van der Waals surface area contributed by atoms with Crippen LogP contribution < -0.4 is 0 Å². The van der Waals surface area contributed by atoms with Gasteiger partial charge in [0.15, 0.2) is 5.78 Å². The number of benzene rings is 3. The van der Waals surface area contributed by atoms with Crippen molar-refractivity contribution in [2.24, 2.45) is 22.7 Å². The van der Waals surface area contributed by atoms with Crippen molar-refractivity contribution >= 4 is 28.7 Å². The van der Waals surface area contributed by atoms with Gasteiger partial charge in [-0.1, -0.05) is 105 Å². The molecular formula is C33H31NO3. The zero-order valence-corrected chi connectivity index (χ0v) is 21.3. The Hall–Kier alpha value is -3.79. The summed E-state index contributed by atoms with van der Waals surface area (Å²) in [7, 11) is 0. The van der Waals surface area contributed by atoms with E-state index < -0.39 is 22.7 Å². The lowest BCUT2D eigenvalue weighted by atomic mass is 9.60. The Morgan fingerprint density at radius 1 is 0.622 bits per heavy atom. The molecule has 4 atom stereocenters. The van der Waals surface area contributed by atoms with Crippen molar-refractivity contribution in [2.75, 3.05) is 6.54 Å². The van der Waals surface area contributed by atoms with Crippen molar-refractivity contribution < 1.29 is 14.4 Å². The maximum atomic E-state index is 14.7. The van der Waals surface area contributed by atoms with E-state index in [0.717, 1.165) is 27.8 Å². The number of hydrogen-bond donors (Lipinski definition) is 0. The Balaban J connectivity index is 1.55. The van der Waals surface area contributed by atoms with E-state index in [2.05, 4.69) is 0 Å². The molecular weight excluding hydrogens is 458 g/mol. The highest BCUT2D eigenvalue weighted by molar-refractivity contribution is 6.29. The van der Waals surface area contributed by atoms with Crippen molar-refractivity contribution in [3.63, 3.8) is 0 Å². The fourth-order valence-electron chi connectivity index (χ4n) is 7.62. The van der Waals surface area contributed by atoms with Gasteiger partial charge in [-0.2, -0.15) is 0 Å². The molecule has 2 bridgehead atoms. The van der Waals surface area contributed by atoms with Crippen LogP contribution in [0.25, 0.3) is 11.1 Å². The second-order valence-corrected chi connectivity index (χ2v) is 10.5. The molecule has 0 aromatic heterocycles. The monoisotopic (exact) mass is 489 g/mol. The lowest BCUT2D eigenvalue weighted by Gasteiger charge is -2.38. The molecule has 1 saturated heterocycles. The summed E-state index contributed by atoms with van der Waals surface area (Å²) in [5.74, 6) is -1.62. The van der Waals surface area contributed by atoms with E-state index in [1.807, 2.05) is 105 Å². The number of rotatable bonds is 7. The van der Waals surface area contributed by atoms with Crippen molar-refractivity contribution in [3.05, 3.63) is 108 Å². The number of allylic oxidation sites excluding steroid dienone is 2. The molecule has 6 rings (SSSR count). The highest BCUT2D eigenvalue weighted by Gasteiger charge is 2.80. The van der Waals surface area contributed by atoms with Gasteiger partial charge < -0.3 is 0 Å². The van der Waals surface area contributed by atoms with Crippen LogP contribution in [0.1, 0.15) is 43.4 Å². The highest BCUT2D eigenvalue weighted by atomic mass is 16.2. The molecule has 2 fully saturated rings. The van der Waals surface area contributed by atoms with Gasteiger partial charge in [-0.3, -0.25) is 19.3 Å². The third-order valence-corrected chi connectivity index (χ3v) is 9.12. The average molecular weight is 490 g/mol. The molecule has 4 unspecified atom stereocenters. The molecule has 4 heteroatoms. The minimum absolute atomic E-state index is 0.0575. The largest absolute Gasteiger partial charge is 0.298 e. The number of imide groups is 1. The third-order valence-electron chi connectivity index (χ3n) is 9.12. The van der Waals surface area contributed by atoms with Crippen LogP contribution in [0.15, 0.2) is 91.0 Å². The number of Topliss-reactive ketones (excluding diaryl/α,β-unsaturated/α-hetero) is 1. The summed E-state index contributed by atoms with van der Waals surface area (Å²) in [5.41, 5.74) is 2.88. The minimum atomic E-state index is -1.01. The van der Waals surface area contributed by atoms with Gasteiger partial charge in [-0.05, 0) is 47.1 Å². The molecule has 1 saturated carbocycles. The Morgan fingerprint density at radius 3 is 1.43 bits per heavy atom. The van der Waals surface area contributed by atoms with E-state index in [0.29, 0.717) is 25.8 Å². The summed E-state index contributed by atoms with van der Waals surface area (Å²) in [6.45, 7) is 4.34. The van der Waals surface area contributed by atoms with Gasteiger partial charge >= 0.3 is 0 Å². The lowest BCUT2D eigenvalue weighted by molar-refractivity contribution is -0.145. The molecule has 37 heavy (non-hydrogen) atoms. The number of likely N-dealkylation sites (tertiary alicyclic amines) is 1. The molecule has 186 valence electrons. The van der Waals surface area contributed by atoms with Crippen LogP contribution in [0.4, 0.5) is 0 Å². The summed E-state index contributed by atoms with van der Waals surface area (Å²) in [6.07, 6.45) is 1.58. The van der Waals surface area contributed by atoms with Gasteiger partial charge in [-0.15, -0.1) is 0 Å². The van der Waals surface area contributed by atoms with E-state index in [1.54, 1.807) is 0 Å². The standard InChI is InChI=1S/C33H31NO3/c1-3-32-25(23-16-10-6-11-17-23)26(24-18-12-7-13-19-24)33(4-2,31(32)37)28-27(32)29(35)34(30(28)36)21-20-22-14-8-5-9-15-22/h5-19,27-28H,3-4,20-21H2,1-2H3. The smallest absolute Gasteiger partial charge is 0.234 e. The number of carbonyl (C=O) groups excluding carboxylic acids is 3. The van der Waals surface area contributed by atoms with Crippen LogP contribution in [0, 0.1) is 22.7 Å². The molecule has 1 aliphatic heterocycles. The number of carbonyl (C=O) groups is 3. The van der Waals surface area contributed by atoms with Crippen molar-refractivity contribution in [1.82, 2.24) is 4.90 Å². The minimum Gasteiger partial charge on any atom is -0.298 e. The summed E-state index contributed by atoms with van der Waals surface area (Å²) >= 11 is 0. The van der Waals surface area contributed by atoms with E-state index in [1.165, 1.54) is 4.90 Å². The van der Waals surface area contributed by atoms with Crippen LogP contribution in [0.5, 0.6) is 0 Å². The van der Waals surface area contributed by atoms with E-state index in [4.69, 9.17) is 0 Å². The van der Waals surface area contributed by atoms with Crippen molar-refractivity contribution in [1.29, 1.82) is 0 Å². The van der Waals surface area contributed by atoms with Gasteiger partial charge in [0.25, 0.3) is 0 Å². The molecule has 2 amide bonds. The Bertz CT molecular complexity index is 1330. The third kappa shape index (κ3) is 2.99. The van der Waals surface area contributed by atoms with Crippen LogP contribution in [0.3, 0.4) is 0 Å². The van der Waals surface area contributed by atoms with Crippen LogP contribution in [-0.4, -0.2) is 29.0 Å². The fraction of sp³-hybridized carbons (Fsp3) is 0.303. The topological polar surface area (TPSA) is 54.5 Å². The SMILES string of the molecule is CCC12C(=O)C(CC)(C(c3ccccc3)=C1c1ccccc1)C1C(=O)N(CCc3ccccc3)C(=O)C12. The maximum Gasteiger partial charge on any atom is 0.234 e. The van der Waals surface area contributed by atoms with Crippen LogP contribution in [-0.2, 0) is 20.8 Å². The summed E-state index contributed by atoms with van der Waals surface area (Å²) in [6, 6.07) is 29.9. The molecule has 3 aromatic carbocycles. The molecule has 0 radical (unpaired) electrons. The summed E-state index contributed by atoms with van der Waals surface area (Å²) < 4.78 is 0. The summed E-state index contributed by atoms with van der Waals surface area (Å²) in [5, 5.41) is 0. The molecule has 0 N–H and O–H groups in total. The van der Waals surface area contributed by atoms with Gasteiger partial charge in [0, 0.05) is 6.54 Å².